The Hall–Kier alpha value is -3.12. The first-order valence-corrected chi connectivity index (χ1v) is 14.0. The number of hydrogen-bond donors (Lipinski definition) is 1. The number of halogens is 3. The molecule has 3 atom stereocenters. The topological polar surface area (TPSA) is 102 Å². The lowest BCUT2D eigenvalue weighted by Gasteiger charge is -2.36. The average molecular weight is 555 g/mol. The molecule has 2 aromatic carbocycles. The molecule has 2 saturated heterocycles. The molecule has 206 valence electrons. The van der Waals surface area contributed by atoms with E-state index in [0.717, 1.165) is 18.4 Å². The zero-order valence-electron chi connectivity index (χ0n) is 21.1. The zero-order chi connectivity index (χ0) is 27.8. The van der Waals surface area contributed by atoms with Crippen molar-refractivity contribution in [2.45, 2.75) is 49.0 Å². The molecule has 38 heavy (non-hydrogen) atoms. The van der Waals surface area contributed by atoms with Gasteiger partial charge in [-0.05, 0) is 55.7 Å². The first-order chi connectivity index (χ1) is 17.8. The Morgan fingerprint density at radius 2 is 1.76 bits per heavy atom. The van der Waals surface area contributed by atoms with Gasteiger partial charge in [0, 0.05) is 18.2 Å². The molecule has 0 spiro atoms. The third-order valence-corrected chi connectivity index (χ3v) is 8.18. The lowest BCUT2D eigenvalue weighted by atomic mass is 9.90. The molecule has 4 rings (SSSR count). The molecule has 0 radical (unpaired) electrons. The third kappa shape index (κ3) is 5.65. The molecule has 0 aromatic heterocycles. The van der Waals surface area contributed by atoms with Gasteiger partial charge in [0.1, 0.15) is 11.8 Å². The summed E-state index contributed by atoms with van der Waals surface area (Å²) in [5.74, 6) is -0.951. The van der Waals surface area contributed by atoms with Gasteiger partial charge in [0.05, 0.1) is 42.4 Å². The van der Waals surface area contributed by atoms with Gasteiger partial charge in [-0.3, -0.25) is 9.59 Å². The quantitative estimate of drug-likeness (QED) is 0.561. The van der Waals surface area contributed by atoms with E-state index in [0.29, 0.717) is 31.6 Å². The average Bonchev–Trinajstić information content (AvgIpc) is 3.22. The van der Waals surface area contributed by atoms with Gasteiger partial charge < -0.3 is 19.7 Å². The van der Waals surface area contributed by atoms with Gasteiger partial charge in [0.25, 0.3) is 5.91 Å². The maximum Gasteiger partial charge on any atom is 0.416 e. The van der Waals surface area contributed by atoms with Gasteiger partial charge in [0.15, 0.2) is 9.84 Å². The van der Waals surface area contributed by atoms with Crippen LogP contribution in [0.4, 0.5) is 13.2 Å². The minimum atomic E-state index is -4.48. The summed E-state index contributed by atoms with van der Waals surface area (Å²) in [6.07, 6.45) is -2.54. The lowest BCUT2D eigenvalue weighted by Crippen LogP contribution is -2.51. The van der Waals surface area contributed by atoms with Gasteiger partial charge in [-0.15, -0.1) is 0 Å². The summed E-state index contributed by atoms with van der Waals surface area (Å²) in [6.45, 7) is 2.47. The van der Waals surface area contributed by atoms with E-state index in [1.807, 2.05) is 0 Å². The molecular formula is C26H29F3N2O6S. The SMILES string of the molecule is COc1ccc(S(C)(=O)=O)cc1C(=O)N1[C@H](C)CC[C@@H]1C(=O)N[C@@H](c1ccc(C(F)(F)F)cc1)C1COC1. The highest BCUT2D eigenvalue weighted by Gasteiger charge is 2.42. The smallest absolute Gasteiger partial charge is 0.416 e. The maximum absolute atomic E-state index is 13.7. The number of rotatable bonds is 7. The van der Waals surface area contributed by atoms with E-state index >= 15 is 0 Å². The summed E-state index contributed by atoms with van der Waals surface area (Å²) in [5, 5.41) is 2.94. The normalized spacial score (nSPS) is 21.1. The number of hydrogen-bond acceptors (Lipinski definition) is 6. The van der Waals surface area contributed by atoms with Crippen molar-refractivity contribution in [3.63, 3.8) is 0 Å². The van der Waals surface area contributed by atoms with Crippen molar-refractivity contribution < 1.29 is 40.7 Å². The minimum Gasteiger partial charge on any atom is -0.496 e. The second-order valence-electron chi connectivity index (χ2n) is 9.69. The summed E-state index contributed by atoms with van der Waals surface area (Å²) in [7, 11) is -2.24. The molecule has 8 nitrogen and oxygen atoms in total. The van der Waals surface area contributed by atoms with Crippen LogP contribution in [0.5, 0.6) is 5.75 Å². The van der Waals surface area contributed by atoms with Crippen molar-refractivity contribution in [3.8, 4) is 5.75 Å². The molecule has 12 heteroatoms. The first-order valence-electron chi connectivity index (χ1n) is 12.1. The van der Waals surface area contributed by atoms with Crippen molar-refractivity contribution in [3.05, 3.63) is 59.2 Å². The van der Waals surface area contributed by atoms with Crippen LogP contribution in [0.15, 0.2) is 47.4 Å². The largest absolute Gasteiger partial charge is 0.496 e. The van der Waals surface area contributed by atoms with Crippen LogP contribution >= 0.6 is 0 Å². The highest BCUT2D eigenvalue weighted by molar-refractivity contribution is 7.90. The lowest BCUT2D eigenvalue weighted by molar-refractivity contribution is -0.137. The van der Waals surface area contributed by atoms with Crippen LogP contribution in [-0.2, 0) is 25.5 Å². The predicted molar refractivity (Wildman–Crippen MR) is 131 cm³/mol. The van der Waals surface area contributed by atoms with E-state index in [4.69, 9.17) is 9.47 Å². The number of sulfone groups is 1. The zero-order valence-corrected chi connectivity index (χ0v) is 21.9. The number of carbonyl (C=O) groups is 2. The number of nitrogens with zero attached hydrogens (tertiary/aromatic N) is 1. The molecular weight excluding hydrogens is 525 g/mol. The van der Waals surface area contributed by atoms with Crippen LogP contribution in [-0.4, -0.2) is 63.8 Å². The Bertz CT molecular complexity index is 1310. The van der Waals surface area contributed by atoms with Crippen molar-refractivity contribution in [1.29, 1.82) is 0 Å². The standard InChI is InChI=1S/C26H29F3N2O6S/c1-15-4-10-21(31(15)25(33)20-12-19(38(3,34)35)9-11-22(20)36-2)24(32)30-23(17-13-37-14-17)16-5-7-18(8-6-16)26(27,28)29/h5-9,11-12,15,17,21,23H,4,10,13-14H2,1-3H3,(H,30,32)/t15-,21-,23+/m1/s1. The first kappa shape index (κ1) is 27.9. The Morgan fingerprint density at radius 1 is 1.11 bits per heavy atom. The summed E-state index contributed by atoms with van der Waals surface area (Å²) in [6, 6.07) is 6.84. The van der Waals surface area contributed by atoms with Crippen molar-refractivity contribution in [2.24, 2.45) is 5.92 Å². The van der Waals surface area contributed by atoms with E-state index in [1.54, 1.807) is 6.92 Å². The number of carbonyl (C=O) groups excluding carboxylic acids is 2. The third-order valence-electron chi connectivity index (χ3n) is 7.07. The fraction of sp³-hybridized carbons (Fsp3) is 0.462. The monoisotopic (exact) mass is 554 g/mol. The molecule has 0 bridgehead atoms. The molecule has 0 unspecified atom stereocenters. The van der Waals surface area contributed by atoms with Gasteiger partial charge in [-0.25, -0.2) is 8.42 Å². The summed E-state index contributed by atoms with van der Waals surface area (Å²) in [5.41, 5.74) is -0.261. The Morgan fingerprint density at radius 3 is 2.29 bits per heavy atom. The van der Waals surface area contributed by atoms with Crippen LogP contribution < -0.4 is 10.1 Å². The molecule has 2 aliphatic rings. The highest BCUT2D eigenvalue weighted by atomic mass is 32.2. The van der Waals surface area contributed by atoms with Gasteiger partial charge >= 0.3 is 6.18 Å². The van der Waals surface area contributed by atoms with E-state index in [2.05, 4.69) is 5.32 Å². The molecule has 0 aliphatic carbocycles. The molecule has 2 aromatic rings. The van der Waals surface area contributed by atoms with Gasteiger partial charge in [-0.2, -0.15) is 13.2 Å². The highest BCUT2D eigenvalue weighted by Crippen LogP contribution is 2.35. The molecule has 1 N–H and O–H groups in total. The van der Waals surface area contributed by atoms with E-state index < -0.39 is 45.5 Å². The second-order valence-corrected chi connectivity index (χ2v) is 11.7. The van der Waals surface area contributed by atoms with Crippen LogP contribution in [0.25, 0.3) is 0 Å². The van der Waals surface area contributed by atoms with Gasteiger partial charge in [-0.1, -0.05) is 12.1 Å². The number of ether oxygens (including phenoxy) is 2. The number of methoxy groups -OCH3 is 1. The summed E-state index contributed by atoms with van der Waals surface area (Å²) < 4.78 is 73.9. The fourth-order valence-corrected chi connectivity index (χ4v) is 5.50. The molecule has 2 heterocycles. The Kier molecular flexibility index (Phi) is 7.76. The van der Waals surface area contributed by atoms with Crippen LogP contribution in [0, 0.1) is 5.92 Å². The van der Waals surface area contributed by atoms with E-state index in [-0.39, 0.29) is 28.2 Å². The second kappa shape index (κ2) is 10.6. The molecule has 2 fully saturated rings. The van der Waals surface area contributed by atoms with E-state index in [9.17, 15) is 31.2 Å². The summed E-state index contributed by atoms with van der Waals surface area (Å²) in [4.78, 5) is 28.5. The Labute approximate surface area is 219 Å². The maximum atomic E-state index is 13.7. The molecule has 2 aliphatic heterocycles. The van der Waals surface area contributed by atoms with Crippen molar-refractivity contribution in [1.82, 2.24) is 10.2 Å². The van der Waals surface area contributed by atoms with Crippen LogP contribution in [0.2, 0.25) is 0 Å². The van der Waals surface area contributed by atoms with E-state index in [1.165, 1.54) is 42.3 Å². The number of likely N-dealkylation sites (tertiary alicyclic amines) is 1. The number of nitrogens with one attached hydrogen (secondary N) is 1. The van der Waals surface area contributed by atoms with Crippen molar-refractivity contribution >= 4 is 21.7 Å². The van der Waals surface area contributed by atoms with Crippen LogP contribution in [0.3, 0.4) is 0 Å². The van der Waals surface area contributed by atoms with Crippen LogP contribution in [0.1, 0.15) is 47.3 Å². The van der Waals surface area contributed by atoms with Crippen molar-refractivity contribution in [2.75, 3.05) is 26.6 Å². The summed E-state index contributed by atoms with van der Waals surface area (Å²) >= 11 is 0. The predicted octanol–water partition coefficient (Wildman–Crippen LogP) is 3.61. The fourth-order valence-electron chi connectivity index (χ4n) is 4.86. The number of benzene rings is 2. The minimum absolute atomic E-state index is 0.0219. The number of alkyl halides is 3. The van der Waals surface area contributed by atoms with Gasteiger partial charge in [0.2, 0.25) is 5.91 Å². The molecule has 0 saturated carbocycles. The Balaban J connectivity index is 1.60. The molecule has 2 amide bonds. The number of amides is 2.